The van der Waals surface area contributed by atoms with Crippen LogP contribution in [0.5, 0.6) is 23.0 Å². The molecule has 0 aromatic heterocycles. The van der Waals surface area contributed by atoms with E-state index in [1.165, 1.54) is 11.8 Å². The van der Waals surface area contributed by atoms with E-state index in [4.69, 9.17) is 23.7 Å². The number of nitrogens with one attached hydrogen (secondary N) is 1. The summed E-state index contributed by atoms with van der Waals surface area (Å²) in [5.41, 5.74) is 3.30. The van der Waals surface area contributed by atoms with Crippen LogP contribution in [0.25, 0.3) is 0 Å². The highest BCUT2D eigenvalue weighted by molar-refractivity contribution is 8.16. The summed E-state index contributed by atoms with van der Waals surface area (Å²) in [5.74, 6) is 1.87. The molecule has 0 saturated carbocycles. The van der Waals surface area contributed by atoms with E-state index in [-0.39, 0.29) is 25.7 Å². The maximum Gasteiger partial charge on any atom is 0.338 e. The minimum Gasteiger partial charge on any atom is -0.497 e. The van der Waals surface area contributed by atoms with Gasteiger partial charge < -0.3 is 33.9 Å². The molecule has 0 spiro atoms. The number of allylic oxidation sites excluding steroid dienone is 1. The largest absolute Gasteiger partial charge is 0.497 e. The molecule has 3 heterocycles. The first-order valence-corrected chi connectivity index (χ1v) is 13.3. The average Bonchev–Trinajstić information content (AvgIpc) is 3.57. The molecule has 2 aromatic carbocycles. The van der Waals surface area contributed by atoms with Gasteiger partial charge >= 0.3 is 5.97 Å². The van der Waals surface area contributed by atoms with Gasteiger partial charge in [-0.05, 0) is 54.6 Å². The maximum absolute atomic E-state index is 13.2. The molecule has 3 aliphatic heterocycles. The zero-order valence-electron chi connectivity index (χ0n) is 22.1. The summed E-state index contributed by atoms with van der Waals surface area (Å²) in [7, 11) is 3.14. The number of hydrogen-bond donors (Lipinski definition) is 1. The monoisotopic (exact) mass is 551 g/mol. The number of amides is 1. The molecule has 1 atom stereocenters. The van der Waals surface area contributed by atoms with Gasteiger partial charge in [0.15, 0.2) is 16.7 Å². The van der Waals surface area contributed by atoms with Crippen molar-refractivity contribution in [3.05, 3.63) is 69.9 Å². The second-order valence-corrected chi connectivity index (χ2v) is 9.74. The number of nitrogens with zero attached hydrogens (tertiary/aromatic N) is 2. The number of fused-ring (bicyclic) bond motifs is 2. The van der Waals surface area contributed by atoms with Crippen molar-refractivity contribution in [2.75, 3.05) is 27.6 Å². The third-order valence-corrected chi connectivity index (χ3v) is 7.34. The van der Waals surface area contributed by atoms with Gasteiger partial charge in [-0.1, -0.05) is 17.8 Å². The molecule has 5 rings (SSSR count). The molecule has 2 aromatic rings. The normalized spacial score (nSPS) is 17.3. The van der Waals surface area contributed by atoms with E-state index in [9.17, 15) is 9.59 Å². The Kier molecular flexibility index (Phi) is 7.69. The number of ether oxygens (including phenoxy) is 5. The first kappa shape index (κ1) is 26.5. The molecule has 0 unspecified atom stereocenters. The molecule has 39 heavy (non-hydrogen) atoms. The minimum absolute atomic E-state index is 0.0866. The highest BCUT2D eigenvalue weighted by Crippen LogP contribution is 2.46. The number of methoxy groups -OCH3 is 2. The molecule has 0 fully saturated rings. The predicted octanol–water partition coefficient (Wildman–Crippen LogP) is 4.28. The molecular weight excluding hydrogens is 522 g/mol. The first-order valence-electron chi connectivity index (χ1n) is 12.4. The third-order valence-electron chi connectivity index (χ3n) is 6.45. The number of rotatable bonds is 9. The number of amidine groups is 1. The van der Waals surface area contributed by atoms with E-state index in [1.54, 1.807) is 34.1 Å². The summed E-state index contributed by atoms with van der Waals surface area (Å²) in [6.45, 7) is 4.30. The lowest BCUT2D eigenvalue weighted by Crippen LogP contribution is -2.38. The lowest BCUT2D eigenvalue weighted by Gasteiger charge is -2.36. The molecule has 3 aliphatic rings. The fourth-order valence-corrected chi connectivity index (χ4v) is 5.59. The lowest BCUT2D eigenvalue weighted by molar-refractivity contribution is -0.139. The van der Waals surface area contributed by atoms with Crippen LogP contribution in [0.15, 0.2) is 63.8 Å². The van der Waals surface area contributed by atoms with Gasteiger partial charge in [0.1, 0.15) is 11.5 Å². The summed E-state index contributed by atoms with van der Waals surface area (Å²) in [4.78, 5) is 32.9. The zero-order valence-corrected chi connectivity index (χ0v) is 22.9. The summed E-state index contributed by atoms with van der Waals surface area (Å²) < 4.78 is 27.2. The quantitative estimate of drug-likeness (QED) is 0.457. The van der Waals surface area contributed by atoms with E-state index in [2.05, 4.69) is 10.3 Å². The molecule has 0 radical (unpaired) electrons. The number of thioether (sulfide) groups is 1. The minimum atomic E-state index is -0.594. The Morgan fingerprint density at radius 3 is 2.56 bits per heavy atom. The summed E-state index contributed by atoms with van der Waals surface area (Å²) in [6.07, 6.45) is 0.0866. The Bertz CT molecular complexity index is 1380. The summed E-state index contributed by atoms with van der Waals surface area (Å²) >= 11 is 1.41. The van der Waals surface area contributed by atoms with Gasteiger partial charge in [0.25, 0.3) is 0 Å². The molecular formula is C28H29N3O7S. The number of hydrogen-bond acceptors (Lipinski definition) is 10. The van der Waals surface area contributed by atoms with Crippen LogP contribution < -0.4 is 24.3 Å². The Hall–Kier alpha value is -4.12. The van der Waals surface area contributed by atoms with Gasteiger partial charge in [-0.15, -0.1) is 0 Å². The van der Waals surface area contributed by atoms with Gasteiger partial charge in [0.05, 0.1) is 44.6 Å². The Balaban J connectivity index is 1.41. The van der Waals surface area contributed by atoms with E-state index >= 15 is 0 Å². The Labute approximate surface area is 230 Å². The fourth-order valence-electron chi connectivity index (χ4n) is 4.62. The highest BCUT2D eigenvalue weighted by atomic mass is 32.2. The van der Waals surface area contributed by atoms with Gasteiger partial charge in [0.2, 0.25) is 12.7 Å². The smallest absolute Gasteiger partial charge is 0.338 e. The number of carbonyl (C=O) groups is 2. The van der Waals surface area contributed by atoms with Crippen molar-refractivity contribution >= 4 is 28.8 Å². The van der Waals surface area contributed by atoms with Gasteiger partial charge in [-0.3, -0.25) is 4.79 Å². The van der Waals surface area contributed by atoms with Crippen molar-refractivity contribution in [3.8, 4) is 23.0 Å². The fraction of sp³-hybridized carbons (Fsp3) is 0.321. The van der Waals surface area contributed by atoms with Crippen molar-refractivity contribution in [1.29, 1.82) is 0 Å². The Morgan fingerprint density at radius 2 is 1.85 bits per heavy atom. The maximum atomic E-state index is 13.2. The van der Waals surface area contributed by atoms with Gasteiger partial charge in [-0.25, -0.2) is 9.79 Å². The van der Waals surface area contributed by atoms with Crippen molar-refractivity contribution in [1.82, 2.24) is 10.2 Å². The zero-order chi connectivity index (χ0) is 27.5. The molecule has 1 N–H and O–H groups in total. The van der Waals surface area contributed by atoms with Gasteiger partial charge in [0, 0.05) is 18.3 Å². The van der Waals surface area contributed by atoms with Gasteiger partial charge in [-0.2, -0.15) is 0 Å². The second kappa shape index (κ2) is 11.3. The van der Waals surface area contributed by atoms with Crippen LogP contribution in [0.3, 0.4) is 0 Å². The van der Waals surface area contributed by atoms with Crippen LogP contribution in [-0.2, 0) is 20.9 Å². The van der Waals surface area contributed by atoms with Crippen LogP contribution in [0.2, 0.25) is 0 Å². The number of aliphatic imine (C=N–C) groups is 1. The van der Waals surface area contributed by atoms with E-state index < -0.39 is 12.0 Å². The molecule has 1 amide bonds. The molecule has 11 heteroatoms. The van der Waals surface area contributed by atoms with E-state index in [0.717, 1.165) is 11.1 Å². The van der Waals surface area contributed by atoms with Crippen LogP contribution in [-0.4, -0.2) is 49.6 Å². The van der Waals surface area contributed by atoms with E-state index in [1.807, 2.05) is 40.6 Å². The summed E-state index contributed by atoms with van der Waals surface area (Å²) in [5, 5.41) is 5.54. The lowest BCUT2D eigenvalue weighted by atomic mass is 9.93. The molecule has 0 bridgehead atoms. The summed E-state index contributed by atoms with van der Waals surface area (Å²) in [6, 6.07) is 10.4. The van der Waals surface area contributed by atoms with Crippen LogP contribution in [0.1, 0.15) is 37.4 Å². The number of benzene rings is 2. The number of esters is 1. The molecule has 0 saturated heterocycles. The van der Waals surface area contributed by atoms with Crippen LogP contribution >= 0.6 is 11.8 Å². The highest BCUT2D eigenvalue weighted by Gasteiger charge is 2.41. The SMILES string of the molecule is CCOC(=O)C1=C(C)N=C2SC=C(CC(=O)NCc3ccc4c(c3)OCO4)N2[C@@H]1c1cc(OC)cc(OC)c1. The molecule has 10 nitrogen and oxygen atoms in total. The number of carbonyl (C=O) groups excluding carboxylic acids is 2. The van der Waals surface area contributed by atoms with E-state index in [0.29, 0.717) is 51.7 Å². The average molecular weight is 552 g/mol. The molecule has 204 valence electrons. The van der Waals surface area contributed by atoms with Crippen molar-refractivity contribution in [2.45, 2.75) is 32.9 Å². The predicted molar refractivity (Wildman–Crippen MR) is 146 cm³/mol. The van der Waals surface area contributed by atoms with Crippen LogP contribution in [0.4, 0.5) is 0 Å². The van der Waals surface area contributed by atoms with Crippen molar-refractivity contribution in [3.63, 3.8) is 0 Å². The standard InChI is InChI=1S/C28H29N3O7S/c1-5-36-27(33)25-16(2)30-28-31(26(25)18-9-20(34-3)12-21(10-18)35-4)19(14-39-28)11-24(32)29-13-17-6-7-22-23(8-17)38-15-37-22/h6-10,12,14,26H,5,11,13,15H2,1-4H3,(H,29,32)/t26-/m1/s1. The van der Waals surface area contributed by atoms with Crippen molar-refractivity contribution < 1.29 is 33.3 Å². The first-order chi connectivity index (χ1) is 18.9. The van der Waals surface area contributed by atoms with Crippen LogP contribution in [0, 0.1) is 0 Å². The Morgan fingerprint density at radius 1 is 1.10 bits per heavy atom. The topological polar surface area (TPSA) is 108 Å². The third kappa shape index (κ3) is 5.40. The molecule has 0 aliphatic carbocycles. The second-order valence-electron chi connectivity index (χ2n) is 8.90. The van der Waals surface area contributed by atoms with Crippen molar-refractivity contribution in [2.24, 2.45) is 4.99 Å².